The summed E-state index contributed by atoms with van der Waals surface area (Å²) in [6.45, 7) is 5.20. The molecular formula is C39H76O2. The molecule has 0 aliphatic rings. The van der Waals surface area contributed by atoms with Crippen LogP contribution in [0.5, 0.6) is 0 Å². The second-order valence-corrected chi connectivity index (χ2v) is 12.9. The van der Waals surface area contributed by atoms with Gasteiger partial charge in [-0.3, -0.25) is 4.79 Å². The van der Waals surface area contributed by atoms with Crippen LogP contribution in [0.3, 0.4) is 0 Å². The Bertz CT molecular complexity index is 512. The van der Waals surface area contributed by atoms with Crippen molar-refractivity contribution in [2.75, 3.05) is 6.61 Å². The van der Waals surface area contributed by atoms with Crippen molar-refractivity contribution in [2.45, 2.75) is 226 Å². The van der Waals surface area contributed by atoms with Gasteiger partial charge in [0.1, 0.15) is 0 Å². The Hall–Kier alpha value is -0.790. The topological polar surface area (TPSA) is 26.3 Å². The largest absolute Gasteiger partial charge is 0.466 e. The molecule has 0 aromatic heterocycles. The van der Waals surface area contributed by atoms with Crippen LogP contribution in [0.4, 0.5) is 0 Å². The summed E-state index contributed by atoms with van der Waals surface area (Å²) in [5.41, 5.74) is 0. The summed E-state index contributed by atoms with van der Waals surface area (Å²) in [5, 5.41) is 0. The van der Waals surface area contributed by atoms with E-state index in [9.17, 15) is 4.79 Å². The van der Waals surface area contributed by atoms with Crippen molar-refractivity contribution in [1.29, 1.82) is 0 Å². The Morgan fingerprint density at radius 2 is 0.683 bits per heavy atom. The van der Waals surface area contributed by atoms with Gasteiger partial charge in [0, 0.05) is 6.42 Å². The van der Waals surface area contributed by atoms with Crippen LogP contribution in [0.25, 0.3) is 0 Å². The maximum Gasteiger partial charge on any atom is 0.305 e. The Morgan fingerprint density at radius 1 is 0.390 bits per heavy atom. The first-order chi connectivity index (χ1) is 20.3. The molecule has 41 heavy (non-hydrogen) atoms. The minimum Gasteiger partial charge on any atom is -0.466 e. The molecule has 0 rings (SSSR count). The second kappa shape index (κ2) is 37.2. The van der Waals surface area contributed by atoms with Crippen molar-refractivity contribution in [2.24, 2.45) is 0 Å². The fourth-order valence-electron chi connectivity index (χ4n) is 5.78. The normalized spacial score (nSPS) is 11.6. The highest BCUT2D eigenvalue weighted by atomic mass is 16.5. The van der Waals surface area contributed by atoms with Crippen LogP contribution in [0.2, 0.25) is 0 Å². The summed E-state index contributed by atoms with van der Waals surface area (Å²) < 4.78 is 5.45. The van der Waals surface area contributed by atoms with Crippen LogP contribution in [0.1, 0.15) is 226 Å². The van der Waals surface area contributed by atoms with Crippen molar-refractivity contribution < 1.29 is 9.53 Å². The molecule has 0 spiro atoms. The number of hydrogen-bond donors (Lipinski definition) is 0. The lowest BCUT2D eigenvalue weighted by Crippen LogP contribution is -2.05. The SMILES string of the molecule is CCCCCCC=CCCCCCCCCCCCC(=O)OCCCCCCCCCCCCCCCCCCC. The van der Waals surface area contributed by atoms with E-state index in [1.54, 1.807) is 0 Å². The lowest BCUT2D eigenvalue weighted by Gasteiger charge is -2.06. The third-order valence-corrected chi connectivity index (χ3v) is 8.65. The minimum absolute atomic E-state index is 0.0245. The number of allylic oxidation sites excluding steroid dienone is 2. The molecule has 0 bridgehead atoms. The van der Waals surface area contributed by atoms with Gasteiger partial charge in [0.2, 0.25) is 0 Å². The molecule has 2 nitrogen and oxygen atoms in total. The summed E-state index contributed by atoms with van der Waals surface area (Å²) in [6.07, 6.45) is 48.5. The Labute approximate surface area is 259 Å². The lowest BCUT2D eigenvalue weighted by atomic mass is 10.0. The zero-order chi connectivity index (χ0) is 29.7. The molecule has 244 valence electrons. The summed E-state index contributed by atoms with van der Waals surface area (Å²) in [4.78, 5) is 11.9. The van der Waals surface area contributed by atoms with Gasteiger partial charge in [-0.05, 0) is 38.5 Å². The minimum atomic E-state index is 0.0245. The average Bonchev–Trinajstić information content (AvgIpc) is 2.98. The van der Waals surface area contributed by atoms with E-state index in [1.165, 1.54) is 193 Å². The van der Waals surface area contributed by atoms with Crippen LogP contribution in [0.15, 0.2) is 12.2 Å². The van der Waals surface area contributed by atoms with Crippen LogP contribution >= 0.6 is 0 Å². The standard InChI is InChI=1S/C39H76O2/c1-3-5-7-9-11-13-15-17-19-21-23-25-27-29-31-33-35-37-39(40)41-38-36-34-32-30-28-26-24-22-20-18-16-14-12-10-8-6-4-2/h13,15H,3-12,14,16-38H2,1-2H3. The molecule has 0 saturated carbocycles. The highest BCUT2D eigenvalue weighted by Gasteiger charge is 2.03. The summed E-state index contributed by atoms with van der Waals surface area (Å²) in [5.74, 6) is 0.0245. The van der Waals surface area contributed by atoms with E-state index >= 15 is 0 Å². The third-order valence-electron chi connectivity index (χ3n) is 8.65. The van der Waals surface area contributed by atoms with E-state index in [0.29, 0.717) is 13.0 Å². The van der Waals surface area contributed by atoms with Crippen LogP contribution < -0.4 is 0 Å². The fraction of sp³-hybridized carbons (Fsp3) is 0.923. The van der Waals surface area contributed by atoms with Crippen molar-refractivity contribution in [3.05, 3.63) is 12.2 Å². The zero-order valence-corrected chi connectivity index (χ0v) is 28.5. The van der Waals surface area contributed by atoms with Gasteiger partial charge in [0.25, 0.3) is 0 Å². The van der Waals surface area contributed by atoms with E-state index in [2.05, 4.69) is 26.0 Å². The molecule has 0 fully saturated rings. The average molecular weight is 577 g/mol. The molecule has 0 radical (unpaired) electrons. The molecular weight excluding hydrogens is 500 g/mol. The summed E-state index contributed by atoms with van der Waals surface area (Å²) in [7, 11) is 0. The smallest absolute Gasteiger partial charge is 0.305 e. The first-order valence-corrected chi connectivity index (χ1v) is 19.1. The van der Waals surface area contributed by atoms with E-state index in [1.807, 2.05) is 0 Å². The van der Waals surface area contributed by atoms with E-state index in [-0.39, 0.29) is 5.97 Å². The Morgan fingerprint density at radius 3 is 1.07 bits per heavy atom. The highest BCUT2D eigenvalue weighted by Crippen LogP contribution is 2.15. The number of hydrogen-bond acceptors (Lipinski definition) is 2. The number of unbranched alkanes of at least 4 members (excludes halogenated alkanes) is 29. The summed E-state index contributed by atoms with van der Waals surface area (Å²) in [6, 6.07) is 0. The predicted molar refractivity (Wildman–Crippen MR) is 184 cm³/mol. The molecule has 0 heterocycles. The van der Waals surface area contributed by atoms with Crippen LogP contribution in [-0.2, 0) is 9.53 Å². The van der Waals surface area contributed by atoms with Crippen molar-refractivity contribution in [3.63, 3.8) is 0 Å². The molecule has 0 amide bonds. The van der Waals surface area contributed by atoms with Crippen LogP contribution in [-0.4, -0.2) is 12.6 Å². The van der Waals surface area contributed by atoms with Gasteiger partial charge in [-0.2, -0.15) is 0 Å². The summed E-state index contributed by atoms with van der Waals surface area (Å²) >= 11 is 0. The molecule has 0 atom stereocenters. The molecule has 0 unspecified atom stereocenters. The van der Waals surface area contributed by atoms with Crippen molar-refractivity contribution in [1.82, 2.24) is 0 Å². The first kappa shape index (κ1) is 40.2. The second-order valence-electron chi connectivity index (χ2n) is 12.9. The van der Waals surface area contributed by atoms with Gasteiger partial charge < -0.3 is 4.74 Å². The molecule has 0 aliphatic carbocycles. The molecule has 0 aromatic carbocycles. The third kappa shape index (κ3) is 37.2. The van der Waals surface area contributed by atoms with Gasteiger partial charge in [-0.25, -0.2) is 0 Å². The van der Waals surface area contributed by atoms with Crippen LogP contribution in [0, 0.1) is 0 Å². The number of ether oxygens (including phenoxy) is 1. The zero-order valence-electron chi connectivity index (χ0n) is 28.5. The monoisotopic (exact) mass is 577 g/mol. The van der Waals surface area contributed by atoms with E-state index < -0.39 is 0 Å². The molecule has 0 aromatic rings. The van der Waals surface area contributed by atoms with Gasteiger partial charge in [-0.15, -0.1) is 0 Å². The quantitative estimate of drug-likeness (QED) is 0.0426. The first-order valence-electron chi connectivity index (χ1n) is 19.1. The van der Waals surface area contributed by atoms with Gasteiger partial charge in [0.15, 0.2) is 0 Å². The fourth-order valence-corrected chi connectivity index (χ4v) is 5.78. The number of carbonyl (C=O) groups excluding carboxylic acids is 1. The lowest BCUT2D eigenvalue weighted by molar-refractivity contribution is -0.143. The van der Waals surface area contributed by atoms with Crippen molar-refractivity contribution in [3.8, 4) is 0 Å². The maximum atomic E-state index is 11.9. The van der Waals surface area contributed by atoms with Gasteiger partial charge >= 0.3 is 5.97 Å². The molecule has 0 aliphatic heterocycles. The molecule has 0 N–H and O–H groups in total. The van der Waals surface area contributed by atoms with Crippen molar-refractivity contribution >= 4 is 5.97 Å². The highest BCUT2D eigenvalue weighted by molar-refractivity contribution is 5.69. The number of rotatable bonds is 35. The Kier molecular flexibility index (Phi) is 36.5. The van der Waals surface area contributed by atoms with E-state index in [0.717, 1.165) is 12.8 Å². The van der Waals surface area contributed by atoms with Gasteiger partial charge in [-0.1, -0.05) is 193 Å². The molecule has 0 saturated heterocycles. The predicted octanol–water partition coefficient (Wildman–Crippen LogP) is 14.0. The molecule has 2 heteroatoms. The van der Waals surface area contributed by atoms with Gasteiger partial charge in [0.05, 0.1) is 6.61 Å². The maximum absolute atomic E-state index is 11.9. The number of carbonyl (C=O) groups is 1. The Balaban J connectivity index is 3.17. The van der Waals surface area contributed by atoms with E-state index in [4.69, 9.17) is 4.74 Å². The number of esters is 1.